The Hall–Kier alpha value is -2.43. The van der Waals surface area contributed by atoms with Crippen molar-refractivity contribution in [2.75, 3.05) is 31.1 Å². The third-order valence-electron chi connectivity index (χ3n) is 4.94. The van der Waals surface area contributed by atoms with E-state index in [0.717, 1.165) is 44.1 Å². The van der Waals surface area contributed by atoms with Crippen LogP contribution >= 0.6 is 0 Å². The molecule has 0 aliphatic carbocycles. The topological polar surface area (TPSA) is 45.4 Å². The fourth-order valence-electron chi connectivity index (χ4n) is 3.41. The molecule has 4 heteroatoms. The normalized spacial score (nSPS) is 15.6. The summed E-state index contributed by atoms with van der Waals surface area (Å²) in [5.41, 5.74) is 9.29. The Balaban J connectivity index is 1.38. The van der Waals surface area contributed by atoms with Crippen LogP contribution in [0.15, 0.2) is 60.7 Å². The number of para-hydroxylation sites is 1. The van der Waals surface area contributed by atoms with Crippen molar-refractivity contribution < 1.29 is 0 Å². The number of hydrogen-bond acceptors (Lipinski definition) is 4. The van der Waals surface area contributed by atoms with Gasteiger partial charge in [0.25, 0.3) is 0 Å². The second-order valence-corrected chi connectivity index (χ2v) is 6.65. The first-order valence-electron chi connectivity index (χ1n) is 8.93. The molecule has 2 heterocycles. The minimum Gasteiger partial charge on any atom is -0.354 e. The van der Waals surface area contributed by atoms with E-state index in [1.807, 2.05) is 6.07 Å². The van der Waals surface area contributed by atoms with Gasteiger partial charge in [-0.05, 0) is 29.3 Å². The zero-order chi connectivity index (χ0) is 17.1. The summed E-state index contributed by atoms with van der Waals surface area (Å²) < 4.78 is 0. The molecule has 1 aliphatic heterocycles. The molecule has 4 rings (SSSR count). The molecule has 4 nitrogen and oxygen atoms in total. The predicted octanol–water partition coefficient (Wildman–Crippen LogP) is 3.02. The van der Waals surface area contributed by atoms with Crippen LogP contribution in [0.5, 0.6) is 0 Å². The van der Waals surface area contributed by atoms with E-state index in [9.17, 15) is 0 Å². The highest BCUT2D eigenvalue weighted by atomic mass is 15.3. The highest BCUT2D eigenvalue weighted by Crippen LogP contribution is 2.19. The number of hydrogen-bond donors (Lipinski definition) is 1. The van der Waals surface area contributed by atoms with Crippen molar-refractivity contribution >= 4 is 16.7 Å². The van der Waals surface area contributed by atoms with Crippen molar-refractivity contribution in [3.05, 3.63) is 71.8 Å². The van der Waals surface area contributed by atoms with Crippen LogP contribution in [0.2, 0.25) is 0 Å². The van der Waals surface area contributed by atoms with Gasteiger partial charge in [0.05, 0.1) is 5.52 Å². The summed E-state index contributed by atoms with van der Waals surface area (Å²) in [5.74, 6) is 1.09. The molecule has 3 aromatic rings. The number of benzene rings is 2. The zero-order valence-electron chi connectivity index (χ0n) is 14.4. The molecule has 1 aromatic heterocycles. The fourth-order valence-corrected chi connectivity index (χ4v) is 3.41. The van der Waals surface area contributed by atoms with Gasteiger partial charge in [-0.3, -0.25) is 4.90 Å². The Morgan fingerprint density at radius 3 is 2.28 bits per heavy atom. The minimum atomic E-state index is 0.609. The summed E-state index contributed by atoms with van der Waals surface area (Å²) in [5, 5.41) is 1.20. The first-order chi connectivity index (χ1) is 12.3. The molecule has 1 fully saturated rings. The Kier molecular flexibility index (Phi) is 4.63. The fraction of sp³-hybridized carbons (Fsp3) is 0.286. The van der Waals surface area contributed by atoms with E-state index in [-0.39, 0.29) is 0 Å². The number of nitrogens with zero attached hydrogens (tertiary/aromatic N) is 3. The average molecular weight is 332 g/mol. The van der Waals surface area contributed by atoms with Gasteiger partial charge in [0.2, 0.25) is 0 Å². The van der Waals surface area contributed by atoms with E-state index in [2.05, 4.69) is 64.4 Å². The number of rotatable bonds is 4. The smallest absolute Gasteiger partial charge is 0.129 e. The SMILES string of the molecule is NCc1ccc(CN2CCN(c3ccc4ccccc4n3)CC2)cc1. The molecule has 1 saturated heterocycles. The summed E-state index contributed by atoms with van der Waals surface area (Å²) in [6, 6.07) is 21.3. The van der Waals surface area contributed by atoms with Gasteiger partial charge in [-0.2, -0.15) is 0 Å². The van der Waals surface area contributed by atoms with Crippen molar-refractivity contribution in [3.8, 4) is 0 Å². The van der Waals surface area contributed by atoms with Gasteiger partial charge in [-0.25, -0.2) is 4.98 Å². The highest BCUT2D eigenvalue weighted by molar-refractivity contribution is 5.80. The molecule has 1 aliphatic rings. The molecule has 0 bridgehead atoms. The number of fused-ring (bicyclic) bond motifs is 1. The lowest BCUT2D eigenvalue weighted by Crippen LogP contribution is -2.46. The van der Waals surface area contributed by atoms with E-state index in [4.69, 9.17) is 10.7 Å². The largest absolute Gasteiger partial charge is 0.354 e. The van der Waals surface area contributed by atoms with Gasteiger partial charge in [-0.15, -0.1) is 0 Å². The maximum atomic E-state index is 5.67. The van der Waals surface area contributed by atoms with Gasteiger partial charge >= 0.3 is 0 Å². The molecule has 2 aromatic carbocycles. The highest BCUT2D eigenvalue weighted by Gasteiger charge is 2.18. The second-order valence-electron chi connectivity index (χ2n) is 6.65. The lowest BCUT2D eigenvalue weighted by atomic mass is 10.1. The zero-order valence-corrected chi connectivity index (χ0v) is 14.4. The standard InChI is InChI=1S/C21H24N4/c22-15-17-5-7-18(8-6-17)16-24-11-13-25(14-12-24)21-10-9-19-3-1-2-4-20(19)23-21/h1-10H,11-16,22H2. The molecule has 2 N–H and O–H groups in total. The van der Waals surface area contributed by atoms with E-state index in [1.54, 1.807) is 0 Å². The Bertz CT molecular complexity index is 836. The van der Waals surface area contributed by atoms with Gasteiger partial charge < -0.3 is 10.6 Å². The van der Waals surface area contributed by atoms with Crippen LogP contribution in [0.3, 0.4) is 0 Å². The number of pyridine rings is 1. The van der Waals surface area contributed by atoms with Crippen LogP contribution in [0.25, 0.3) is 10.9 Å². The van der Waals surface area contributed by atoms with Crippen LogP contribution in [0.4, 0.5) is 5.82 Å². The maximum absolute atomic E-state index is 5.67. The van der Waals surface area contributed by atoms with Gasteiger partial charge in [-0.1, -0.05) is 42.5 Å². The van der Waals surface area contributed by atoms with Crippen molar-refractivity contribution in [2.45, 2.75) is 13.1 Å². The second kappa shape index (κ2) is 7.21. The summed E-state index contributed by atoms with van der Waals surface area (Å²) in [7, 11) is 0. The van der Waals surface area contributed by atoms with Crippen LogP contribution in [-0.2, 0) is 13.1 Å². The average Bonchev–Trinajstić information content (AvgIpc) is 2.69. The number of piperazine rings is 1. The molecular weight excluding hydrogens is 308 g/mol. The number of aromatic nitrogens is 1. The molecule has 0 atom stereocenters. The lowest BCUT2D eigenvalue weighted by molar-refractivity contribution is 0.249. The first kappa shape index (κ1) is 16.1. The third kappa shape index (κ3) is 3.65. The van der Waals surface area contributed by atoms with Crippen LogP contribution in [-0.4, -0.2) is 36.1 Å². The molecule has 128 valence electrons. The van der Waals surface area contributed by atoms with Gasteiger partial charge in [0.15, 0.2) is 0 Å². The maximum Gasteiger partial charge on any atom is 0.129 e. The monoisotopic (exact) mass is 332 g/mol. The van der Waals surface area contributed by atoms with Crippen LogP contribution in [0.1, 0.15) is 11.1 Å². The van der Waals surface area contributed by atoms with E-state index in [0.29, 0.717) is 6.54 Å². The van der Waals surface area contributed by atoms with Crippen molar-refractivity contribution in [2.24, 2.45) is 5.73 Å². The molecule has 0 amide bonds. The van der Waals surface area contributed by atoms with Crippen molar-refractivity contribution in [1.82, 2.24) is 9.88 Å². The molecule has 0 unspecified atom stereocenters. The molecule has 0 spiro atoms. The lowest BCUT2D eigenvalue weighted by Gasteiger charge is -2.35. The van der Waals surface area contributed by atoms with Gasteiger partial charge in [0, 0.05) is 44.7 Å². The quantitative estimate of drug-likeness (QED) is 0.798. The number of nitrogens with two attached hydrogens (primary N) is 1. The van der Waals surface area contributed by atoms with Crippen molar-refractivity contribution in [1.29, 1.82) is 0 Å². The Morgan fingerprint density at radius 2 is 1.52 bits per heavy atom. The minimum absolute atomic E-state index is 0.609. The molecular formula is C21H24N4. The van der Waals surface area contributed by atoms with Crippen molar-refractivity contribution in [3.63, 3.8) is 0 Å². The molecule has 25 heavy (non-hydrogen) atoms. The van der Waals surface area contributed by atoms with E-state index >= 15 is 0 Å². The summed E-state index contributed by atoms with van der Waals surface area (Å²) in [6.45, 7) is 5.78. The number of anilines is 1. The molecule has 0 radical (unpaired) electrons. The summed E-state index contributed by atoms with van der Waals surface area (Å²) in [4.78, 5) is 9.72. The summed E-state index contributed by atoms with van der Waals surface area (Å²) in [6.07, 6.45) is 0. The Morgan fingerprint density at radius 1 is 0.800 bits per heavy atom. The van der Waals surface area contributed by atoms with E-state index < -0.39 is 0 Å². The van der Waals surface area contributed by atoms with Gasteiger partial charge in [0.1, 0.15) is 5.82 Å². The van der Waals surface area contributed by atoms with E-state index in [1.165, 1.54) is 16.5 Å². The first-order valence-corrected chi connectivity index (χ1v) is 8.93. The summed E-state index contributed by atoms with van der Waals surface area (Å²) >= 11 is 0. The van der Waals surface area contributed by atoms with Crippen LogP contribution < -0.4 is 10.6 Å². The third-order valence-corrected chi connectivity index (χ3v) is 4.94. The van der Waals surface area contributed by atoms with Crippen LogP contribution in [0, 0.1) is 0 Å². The molecule has 0 saturated carbocycles. The Labute approximate surface area is 148 Å². The predicted molar refractivity (Wildman–Crippen MR) is 104 cm³/mol.